The summed E-state index contributed by atoms with van der Waals surface area (Å²) >= 11 is 0. The Balaban J connectivity index is 0. The molecule has 1 aromatic rings. The fourth-order valence-corrected chi connectivity index (χ4v) is 0.717. The van der Waals surface area contributed by atoms with Crippen LogP contribution in [0.1, 0.15) is 46.1 Å². The molecule has 0 spiro atoms. The van der Waals surface area contributed by atoms with Crippen molar-refractivity contribution in [3.8, 4) is 0 Å². The van der Waals surface area contributed by atoms with Crippen LogP contribution < -0.4 is 0 Å². The van der Waals surface area contributed by atoms with Gasteiger partial charge in [0.1, 0.15) is 0 Å². The molecule has 0 aliphatic heterocycles. The van der Waals surface area contributed by atoms with Crippen molar-refractivity contribution in [2.24, 2.45) is 0 Å². The quantitative estimate of drug-likeness (QED) is 0.601. The molecule has 14 heavy (non-hydrogen) atoms. The Morgan fingerprint density at radius 2 is 1.86 bits per heavy atom. The molecule has 0 saturated carbocycles. The van der Waals surface area contributed by atoms with Crippen molar-refractivity contribution < 1.29 is 0 Å². The van der Waals surface area contributed by atoms with Crippen molar-refractivity contribution in [2.45, 2.75) is 40.5 Å². The summed E-state index contributed by atoms with van der Waals surface area (Å²) in [5, 5.41) is 0. The molecular formula is C13H23N. The third-order valence-electron chi connectivity index (χ3n) is 1.35. The van der Waals surface area contributed by atoms with Gasteiger partial charge < -0.3 is 0 Å². The number of aromatic nitrogens is 1. The number of hydrogen-bond donors (Lipinski definition) is 0. The molecule has 1 rings (SSSR count). The summed E-state index contributed by atoms with van der Waals surface area (Å²) in [6, 6.07) is 4.06. The van der Waals surface area contributed by atoms with Crippen LogP contribution >= 0.6 is 0 Å². The van der Waals surface area contributed by atoms with E-state index in [9.17, 15) is 0 Å². The van der Waals surface area contributed by atoms with E-state index in [4.69, 9.17) is 0 Å². The Kier molecular flexibility index (Phi) is 13.1. The highest BCUT2D eigenvalue weighted by molar-refractivity contribution is 5.12. The third-order valence-corrected chi connectivity index (χ3v) is 1.35. The molecule has 0 atom stereocenters. The Bertz CT molecular complexity index is 202. The molecule has 0 unspecified atom stereocenters. The van der Waals surface area contributed by atoms with Crippen molar-refractivity contribution >= 4 is 0 Å². The summed E-state index contributed by atoms with van der Waals surface area (Å²) in [4.78, 5) is 4.01. The van der Waals surface area contributed by atoms with Gasteiger partial charge in [-0.15, -0.1) is 6.58 Å². The Morgan fingerprint density at radius 3 is 2.07 bits per heavy atom. The minimum Gasteiger partial charge on any atom is -0.264 e. The van der Waals surface area contributed by atoms with Gasteiger partial charge >= 0.3 is 0 Å². The predicted octanol–water partition coefficient (Wildman–Crippen LogP) is 4.42. The zero-order chi connectivity index (χ0) is 11.4. The Labute approximate surface area is 88.9 Å². The van der Waals surface area contributed by atoms with Crippen LogP contribution in [-0.2, 0) is 0 Å². The van der Waals surface area contributed by atoms with Crippen LogP contribution in [-0.4, -0.2) is 4.98 Å². The van der Waals surface area contributed by atoms with Crippen LogP contribution in [0.3, 0.4) is 0 Å². The zero-order valence-corrected chi connectivity index (χ0v) is 10.1. The molecular weight excluding hydrogens is 170 g/mol. The highest BCUT2D eigenvalue weighted by Crippen LogP contribution is 2.10. The first-order valence-corrected chi connectivity index (χ1v) is 5.19. The number of nitrogens with zero attached hydrogens (tertiary/aromatic N) is 1. The average molecular weight is 193 g/mol. The molecule has 0 saturated heterocycles. The van der Waals surface area contributed by atoms with Gasteiger partial charge in [-0.25, -0.2) is 0 Å². The van der Waals surface area contributed by atoms with Gasteiger partial charge in [0.15, 0.2) is 0 Å². The van der Waals surface area contributed by atoms with E-state index in [1.165, 1.54) is 5.56 Å². The fourth-order valence-electron chi connectivity index (χ4n) is 0.717. The normalized spacial score (nSPS) is 7.86. The lowest BCUT2D eigenvalue weighted by Crippen LogP contribution is -1.85. The molecule has 80 valence electrons. The van der Waals surface area contributed by atoms with E-state index in [-0.39, 0.29) is 0 Å². The van der Waals surface area contributed by atoms with Gasteiger partial charge in [-0.2, -0.15) is 0 Å². The van der Waals surface area contributed by atoms with Crippen molar-refractivity contribution in [1.82, 2.24) is 4.98 Å². The van der Waals surface area contributed by atoms with E-state index >= 15 is 0 Å². The van der Waals surface area contributed by atoms with Gasteiger partial charge in [0, 0.05) is 12.4 Å². The van der Waals surface area contributed by atoms with Crippen molar-refractivity contribution in [3.63, 3.8) is 0 Å². The first kappa shape index (κ1) is 15.4. The molecule has 1 nitrogen and oxygen atoms in total. The summed E-state index contributed by atoms with van der Waals surface area (Å²) in [6.07, 6.45) is 5.45. The zero-order valence-electron chi connectivity index (χ0n) is 10.1. The standard InChI is InChI=1S/C8H11N.C3H6.C2H6/c1-7(2)8-4-3-5-9-6-8;1-3-2;1-2/h3-7H,1-2H3;3H,1H2,2H3;1-2H3. The lowest BCUT2D eigenvalue weighted by molar-refractivity contribution is 0.858. The van der Waals surface area contributed by atoms with Gasteiger partial charge in [0.2, 0.25) is 0 Å². The second-order valence-corrected chi connectivity index (χ2v) is 2.85. The van der Waals surface area contributed by atoms with Gasteiger partial charge in [0.25, 0.3) is 0 Å². The van der Waals surface area contributed by atoms with Gasteiger partial charge in [-0.1, -0.05) is 39.8 Å². The topological polar surface area (TPSA) is 12.9 Å². The van der Waals surface area contributed by atoms with Crippen LogP contribution in [0.25, 0.3) is 0 Å². The SMILES string of the molecule is C=CC.CC.CC(C)c1cccnc1. The first-order valence-electron chi connectivity index (χ1n) is 5.19. The van der Waals surface area contributed by atoms with Crippen molar-refractivity contribution in [1.29, 1.82) is 0 Å². The molecule has 0 radical (unpaired) electrons. The van der Waals surface area contributed by atoms with E-state index in [1.54, 1.807) is 12.3 Å². The molecule has 0 aliphatic carbocycles. The maximum atomic E-state index is 4.01. The minimum absolute atomic E-state index is 0.596. The molecule has 0 aromatic carbocycles. The van der Waals surface area contributed by atoms with Crippen molar-refractivity contribution in [3.05, 3.63) is 42.7 Å². The lowest BCUT2D eigenvalue weighted by atomic mass is 10.1. The predicted molar refractivity (Wildman–Crippen MR) is 65.5 cm³/mol. The van der Waals surface area contributed by atoms with Crippen LogP contribution in [0.5, 0.6) is 0 Å². The Morgan fingerprint density at radius 1 is 1.36 bits per heavy atom. The maximum Gasteiger partial charge on any atom is 0.0302 e. The van der Waals surface area contributed by atoms with Crippen LogP contribution in [0.2, 0.25) is 0 Å². The van der Waals surface area contributed by atoms with Crippen LogP contribution in [0.4, 0.5) is 0 Å². The van der Waals surface area contributed by atoms with Crippen molar-refractivity contribution in [2.75, 3.05) is 0 Å². The number of allylic oxidation sites excluding steroid dienone is 1. The van der Waals surface area contributed by atoms with Crippen LogP contribution in [0.15, 0.2) is 37.2 Å². The summed E-state index contributed by atoms with van der Waals surface area (Å²) in [6.45, 7) is 13.6. The average Bonchev–Trinajstić information content (AvgIpc) is 2.23. The van der Waals surface area contributed by atoms with E-state index < -0.39 is 0 Å². The number of hydrogen-bond acceptors (Lipinski definition) is 1. The second kappa shape index (κ2) is 11.9. The molecule has 0 fully saturated rings. The maximum absolute atomic E-state index is 4.01. The first-order chi connectivity index (χ1) is 6.72. The largest absolute Gasteiger partial charge is 0.264 e. The number of pyridine rings is 1. The molecule has 0 aliphatic rings. The number of rotatable bonds is 1. The summed E-state index contributed by atoms with van der Waals surface area (Å²) in [5.74, 6) is 0.596. The smallest absolute Gasteiger partial charge is 0.0302 e. The summed E-state index contributed by atoms with van der Waals surface area (Å²) in [7, 11) is 0. The van der Waals surface area contributed by atoms with E-state index in [1.807, 2.05) is 33.0 Å². The van der Waals surface area contributed by atoms with E-state index in [0.717, 1.165) is 0 Å². The van der Waals surface area contributed by atoms with Gasteiger partial charge in [0.05, 0.1) is 0 Å². The molecule has 1 heterocycles. The van der Waals surface area contributed by atoms with E-state index in [2.05, 4.69) is 31.5 Å². The fraction of sp³-hybridized carbons (Fsp3) is 0.462. The molecule has 1 aromatic heterocycles. The lowest BCUT2D eigenvalue weighted by Gasteiger charge is -2.00. The third kappa shape index (κ3) is 8.98. The summed E-state index contributed by atoms with van der Waals surface area (Å²) in [5.41, 5.74) is 1.30. The van der Waals surface area contributed by atoms with Gasteiger partial charge in [-0.3, -0.25) is 4.98 Å². The monoisotopic (exact) mass is 193 g/mol. The second-order valence-electron chi connectivity index (χ2n) is 2.85. The molecule has 0 amide bonds. The molecule has 1 heteroatoms. The van der Waals surface area contributed by atoms with Gasteiger partial charge in [-0.05, 0) is 24.5 Å². The summed E-state index contributed by atoms with van der Waals surface area (Å²) < 4.78 is 0. The van der Waals surface area contributed by atoms with E-state index in [0.29, 0.717) is 5.92 Å². The highest BCUT2D eigenvalue weighted by Gasteiger charge is 1.94. The molecule has 0 bridgehead atoms. The Hall–Kier alpha value is -1.11. The minimum atomic E-state index is 0.596. The molecule has 0 N–H and O–H groups in total. The van der Waals surface area contributed by atoms with Crippen LogP contribution in [0, 0.1) is 0 Å². The highest BCUT2D eigenvalue weighted by atomic mass is 14.6.